The number of aromatic carboxylic acids is 1. The van der Waals surface area contributed by atoms with Crippen LogP contribution in [0.1, 0.15) is 27.9 Å². The Hall–Kier alpha value is -2.65. The number of nitrogens with zero attached hydrogens (tertiary/aromatic N) is 3. The summed E-state index contributed by atoms with van der Waals surface area (Å²) in [6, 6.07) is 2.24. The molecule has 1 N–H and O–H groups in total. The lowest BCUT2D eigenvalue weighted by Gasteiger charge is -2.08. The fourth-order valence-electron chi connectivity index (χ4n) is 1.32. The van der Waals surface area contributed by atoms with E-state index in [9.17, 15) is 18.0 Å². The molecule has 0 heterocycles. The maximum absolute atomic E-state index is 12.5. The molecule has 0 aliphatic rings. The van der Waals surface area contributed by atoms with Crippen molar-refractivity contribution < 1.29 is 23.1 Å². The normalized spacial score (nSPS) is 10.2. The van der Waals surface area contributed by atoms with Gasteiger partial charge in [-0.25, -0.2) is 4.79 Å². The first-order valence-corrected chi connectivity index (χ1v) is 5.30. The van der Waals surface area contributed by atoms with Crippen molar-refractivity contribution in [3.05, 3.63) is 45.3 Å². The van der Waals surface area contributed by atoms with Crippen molar-refractivity contribution in [2.75, 3.05) is 6.54 Å². The lowest BCUT2D eigenvalue weighted by atomic mass is 10.0. The summed E-state index contributed by atoms with van der Waals surface area (Å²) in [5.74, 6) is 3.45. The van der Waals surface area contributed by atoms with Gasteiger partial charge in [-0.2, -0.15) is 13.2 Å². The number of rotatable bonds is 3. The number of carbonyl (C=O) groups is 1. The maximum atomic E-state index is 12.5. The monoisotopic (exact) mass is 283 g/mol. The molecule has 0 atom stereocenters. The number of hydrogen-bond donors (Lipinski definition) is 1. The summed E-state index contributed by atoms with van der Waals surface area (Å²) in [6.07, 6.45) is -4.45. The molecule has 0 bridgehead atoms. The molecule has 0 aromatic heterocycles. The minimum absolute atomic E-state index is 0.0604. The quantitative estimate of drug-likeness (QED) is 0.303. The van der Waals surface area contributed by atoms with E-state index in [4.69, 9.17) is 10.6 Å². The van der Waals surface area contributed by atoms with Crippen LogP contribution in [0.2, 0.25) is 0 Å². The minimum Gasteiger partial charge on any atom is -0.478 e. The summed E-state index contributed by atoms with van der Waals surface area (Å²) in [4.78, 5) is 13.4. The highest BCUT2D eigenvalue weighted by atomic mass is 19.4. The molecule has 1 rings (SSSR count). The van der Waals surface area contributed by atoms with Gasteiger partial charge in [-0.3, -0.25) is 0 Å². The van der Waals surface area contributed by atoms with E-state index < -0.39 is 17.7 Å². The number of carboxylic acid groups (broad SMARTS) is 1. The van der Waals surface area contributed by atoms with Crippen molar-refractivity contribution in [2.24, 2.45) is 5.11 Å². The molecule has 8 heteroatoms. The number of azide groups is 1. The lowest BCUT2D eigenvalue weighted by molar-refractivity contribution is -0.137. The molecular weight excluding hydrogens is 275 g/mol. The van der Waals surface area contributed by atoms with Gasteiger partial charge in [0.15, 0.2) is 0 Å². The van der Waals surface area contributed by atoms with Crippen LogP contribution in [0.25, 0.3) is 10.4 Å². The Kier molecular flexibility index (Phi) is 5.01. The van der Waals surface area contributed by atoms with Gasteiger partial charge < -0.3 is 5.11 Å². The molecule has 104 valence electrons. The Morgan fingerprint density at radius 3 is 2.70 bits per heavy atom. The summed E-state index contributed by atoms with van der Waals surface area (Å²) >= 11 is 0. The van der Waals surface area contributed by atoms with E-state index in [1.165, 1.54) is 0 Å². The first-order valence-electron chi connectivity index (χ1n) is 5.30. The third-order valence-corrected chi connectivity index (χ3v) is 2.20. The van der Waals surface area contributed by atoms with Crippen molar-refractivity contribution in [1.82, 2.24) is 0 Å². The fraction of sp³-hybridized carbons (Fsp3) is 0.250. The molecule has 0 fully saturated rings. The van der Waals surface area contributed by atoms with Crippen LogP contribution in [0.4, 0.5) is 13.2 Å². The molecule has 0 amide bonds. The zero-order valence-electron chi connectivity index (χ0n) is 9.98. The molecule has 0 aliphatic heterocycles. The van der Waals surface area contributed by atoms with Crippen molar-refractivity contribution in [1.29, 1.82) is 0 Å². The van der Waals surface area contributed by atoms with E-state index in [0.29, 0.717) is 12.1 Å². The number of carboxylic acids is 1. The highest BCUT2D eigenvalue weighted by molar-refractivity contribution is 5.90. The smallest absolute Gasteiger partial charge is 0.416 e. The molecule has 0 saturated carbocycles. The van der Waals surface area contributed by atoms with Gasteiger partial charge in [0.05, 0.1) is 11.1 Å². The zero-order valence-corrected chi connectivity index (χ0v) is 9.98. The first kappa shape index (κ1) is 15.4. The molecule has 0 aliphatic carbocycles. The third kappa shape index (κ3) is 4.23. The first-order chi connectivity index (χ1) is 9.36. The number of benzene rings is 1. The van der Waals surface area contributed by atoms with E-state index in [-0.39, 0.29) is 24.1 Å². The molecular formula is C12H8F3N3O2. The second-order valence-electron chi connectivity index (χ2n) is 3.57. The fourth-order valence-corrected chi connectivity index (χ4v) is 1.32. The van der Waals surface area contributed by atoms with Crippen molar-refractivity contribution in [3.8, 4) is 11.8 Å². The predicted octanol–water partition coefficient (Wildman–Crippen LogP) is 3.46. The maximum Gasteiger partial charge on any atom is 0.416 e. The summed E-state index contributed by atoms with van der Waals surface area (Å²) in [5.41, 5.74) is 6.52. The molecule has 1 aromatic rings. The van der Waals surface area contributed by atoms with Gasteiger partial charge in [0.25, 0.3) is 0 Å². The van der Waals surface area contributed by atoms with Crippen LogP contribution in [0.5, 0.6) is 0 Å². The van der Waals surface area contributed by atoms with E-state index in [1.807, 2.05) is 0 Å². The average Bonchev–Trinajstić information content (AvgIpc) is 2.37. The van der Waals surface area contributed by atoms with Gasteiger partial charge in [0.1, 0.15) is 0 Å². The lowest BCUT2D eigenvalue weighted by Crippen LogP contribution is -2.08. The second kappa shape index (κ2) is 6.50. The molecule has 0 radical (unpaired) electrons. The van der Waals surface area contributed by atoms with Crippen LogP contribution >= 0.6 is 0 Å². The van der Waals surface area contributed by atoms with Gasteiger partial charge in [-0.1, -0.05) is 17.0 Å². The van der Waals surface area contributed by atoms with Crippen molar-refractivity contribution in [3.63, 3.8) is 0 Å². The number of halogens is 3. The topological polar surface area (TPSA) is 86.1 Å². The average molecular weight is 283 g/mol. The highest BCUT2D eigenvalue weighted by Crippen LogP contribution is 2.30. The predicted molar refractivity (Wildman–Crippen MR) is 63.9 cm³/mol. The molecule has 1 aromatic carbocycles. The summed E-state index contributed by atoms with van der Waals surface area (Å²) in [7, 11) is 0. The Morgan fingerprint density at radius 2 is 2.15 bits per heavy atom. The van der Waals surface area contributed by atoms with Crippen LogP contribution in [-0.4, -0.2) is 17.6 Å². The van der Waals surface area contributed by atoms with Crippen LogP contribution < -0.4 is 0 Å². The Balaban J connectivity index is 3.12. The molecule has 0 unspecified atom stereocenters. The van der Waals surface area contributed by atoms with Crippen molar-refractivity contribution in [2.45, 2.75) is 12.6 Å². The number of alkyl halides is 3. The van der Waals surface area contributed by atoms with E-state index in [1.54, 1.807) is 0 Å². The van der Waals surface area contributed by atoms with Gasteiger partial charge in [-0.15, -0.1) is 0 Å². The van der Waals surface area contributed by atoms with Crippen LogP contribution in [0, 0.1) is 11.8 Å². The standard InChI is InChI=1S/C12H8F3N3O2/c13-12(14,15)9-4-5-10(11(19)20)8(7-9)3-1-2-6-17-18-16/h4-5,7H,2,6H2,(H,19,20). The third-order valence-electron chi connectivity index (χ3n) is 2.20. The van der Waals surface area contributed by atoms with Gasteiger partial charge in [0, 0.05) is 23.4 Å². The Labute approximate surface area is 111 Å². The van der Waals surface area contributed by atoms with E-state index in [2.05, 4.69) is 21.9 Å². The van der Waals surface area contributed by atoms with Crippen LogP contribution in [0.15, 0.2) is 23.3 Å². The van der Waals surface area contributed by atoms with Crippen molar-refractivity contribution >= 4 is 5.97 Å². The van der Waals surface area contributed by atoms with E-state index in [0.717, 1.165) is 6.07 Å². The molecule has 20 heavy (non-hydrogen) atoms. The SMILES string of the molecule is [N-]=[N+]=NCCC#Cc1cc(C(F)(F)F)ccc1C(=O)O. The molecule has 0 spiro atoms. The second-order valence-corrected chi connectivity index (χ2v) is 3.57. The minimum atomic E-state index is -4.57. The van der Waals surface area contributed by atoms with Gasteiger partial charge >= 0.3 is 12.1 Å². The summed E-state index contributed by atoms with van der Waals surface area (Å²) < 4.78 is 37.6. The summed E-state index contributed by atoms with van der Waals surface area (Å²) in [6.45, 7) is 0.0604. The Morgan fingerprint density at radius 1 is 1.45 bits per heavy atom. The highest BCUT2D eigenvalue weighted by Gasteiger charge is 2.31. The van der Waals surface area contributed by atoms with Crippen LogP contribution in [0.3, 0.4) is 0 Å². The van der Waals surface area contributed by atoms with Crippen LogP contribution in [-0.2, 0) is 6.18 Å². The van der Waals surface area contributed by atoms with Gasteiger partial charge in [0.2, 0.25) is 0 Å². The molecule has 5 nitrogen and oxygen atoms in total. The van der Waals surface area contributed by atoms with E-state index >= 15 is 0 Å². The summed E-state index contributed by atoms with van der Waals surface area (Å²) in [5, 5.41) is 12.1. The van der Waals surface area contributed by atoms with Gasteiger partial charge in [-0.05, 0) is 23.7 Å². The number of hydrogen-bond acceptors (Lipinski definition) is 2. The zero-order chi connectivity index (χ0) is 15.2. The largest absolute Gasteiger partial charge is 0.478 e. The Bertz CT molecular complexity index is 623. The molecule has 0 saturated heterocycles.